The van der Waals surface area contributed by atoms with E-state index in [4.69, 9.17) is 0 Å². The molecule has 7 heteroatoms. The number of pyridine rings is 1. The predicted molar refractivity (Wildman–Crippen MR) is 115 cm³/mol. The molecule has 0 radical (unpaired) electrons. The molecule has 0 aliphatic carbocycles. The van der Waals surface area contributed by atoms with Crippen molar-refractivity contribution in [2.45, 2.75) is 52.2 Å². The number of nitriles is 1. The van der Waals surface area contributed by atoms with Gasteiger partial charge in [-0.05, 0) is 59.2 Å². The first-order chi connectivity index (χ1) is 13.5. The fraction of sp³-hybridized carbons (Fsp3) is 0.409. The number of carbonyl (C=O) groups is 1. The first-order valence-electron chi connectivity index (χ1n) is 9.62. The third-order valence-corrected chi connectivity index (χ3v) is 4.51. The van der Waals surface area contributed by atoms with Crippen LogP contribution >= 0.6 is 0 Å². The zero-order valence-corrected chi connectivity index (χ0v) is 17.5. The van der Waals surface area contributed by atoms with Gasteiger partial charge in [-0.3, -0.25) is 9.78 Å². The van der Waals surface area contributed by atoms with Crippen LogP contribution in [0.15, 0.2) is 24.4 Å². The number of amides is 1. The molecule has 3 aromatic rings. The zero-order chi connectivity index (χ0) is 21.4. The van der Waals surface area contributed by atoms with Crippen LogP contribution in [0.3, 0.4) is 0 Å². The number of anilines is 1. The van der Waals surface area contributed by atoms with Gasteiger partial charge < -0.3 is 20.7 Å². The topological polar surface area (TPSA) is 114 Å². The van der Waals surface area contributed by atoms with E-state index in [1.807, 2.05) is 26.8 Å². The third-order valence-electron chi connectivity index (χ3n) is 4.51. The average molecular weight is 393 g/mol. The molecule has 2 aromatic heterocycles. The average Bonchev–Trinajstić information content (AvgIpc) is 2.97. The summed E-state index contributed by atoms with van der Waals surface area (Å²) in [6.07, 6.45) is 2.01. The number of H-pyrrole nitrogens is 1. The summed E-state index contributed by atoms with van der Waals surface area (Å²) in [5, 5.41) is 26.2. The van der Waals surface area contributed by atoms with Crippen LogP contribution < -0.4 is 10.6 Å². The van der Waals surface area contributed by atoms with E-state index in [2.05, 4.69) is 26.7 Å². The number of aliphatic hydroxyl groups is 1. The second kappa shape index (κ2) is 7.37. The molecule has 0 atom stereocenters. The highest BCUT2D eigenvalue weighted by atomic mass is 16.3. The molecule has 0 spiro atoms. The lowest BCUT2D eigenvalue weighted by Crippen LogP contribution is -2.33. The Kier molecular flexibility index (Phi) is 5.24. The molecule has 7 nitrogen and oxygen atoms in total. The summed E-state index contributed by atoms with van der Waals surface area (Å²) in [6, 6.07) is 7.54. The van der Waals surface area contributed by atoms with E-state index in [9.17, 15) is 15.2 Å². The molecule has 3 rings (SSSR count). The standard InChI is InChI=1S/C22H27N5O2/c1-21(2,3)27-18-15(20(28)24-9-8-22(4,5)29)12-25-17-14-7-6-13(11-23)10-16(14)26-19(17)18/h6-7,10,12,26,29H,8-9H2,1-5H3,(H,24,28)(H,25,27). The Morgan fingerprint density at radius 2 is 2.00 bits per heavy atom. The Morgan fingerprint density at radius 3 is 2.62 bits per heavy atom. The molecule has 0 fully saturated rings. The van der Waals surface area contributed by atoms with Gasteiger partial charge in [0.25, 0.3) is 5.91 Å². The Labute approximate surface area is 170 Å². The van der Waals surface area contributed by atoms with Crippen molar-refractivity contribution in [2.75, 3.05) is 11.9 Å². The van der Waals surface area contributed by atoms with E-state index in [-0.39, 0.29) is 11.4 Å². The molecule has 0 bridgehead atoms. The summed E-state index contributed by atoms with van der Waals surface area (Å²) < 4.78 is 0. The minimum atomic E-state index is -0.850. The monoisotopic (exact) mass is 393 g/mol. The van der Waals surface area contributed by atoms with Gasteiger partial charge in [0.05, 0.1) is 39.5 Å². The van der Waals surface area contributed by atoms with Gasteiger partial charge in [0.1, 0.15) is 0 Å². The SMILES string of the molecule is CC(C)(O)CCNC(=O)c1cnc2c([nH]c3cc(C#N)ccc32)c1NC(C)(C)C. The van der Waals surface area contributed by atoms with Crippen LogP contribution in [0.1, 0.15) is 57.0 Å². The van der Waals surface area contributed by atoms with Crippen molar-refractivity contribution in [3.63, 3.8) is 0 Å². The van der Waals surface area contributed by atoms with Crippen molar-refractivity contribution in [1.29, 1.82) is 5.26 Å². The van der Waals surface area contributed by atoms with Crippen LogP contribution in [0.25, 0.3) is 21.9 Å². The van der Waals surface area contributed by atoms with E-state index in [0.29, 0.717) is 29.8 Å². The van der Waals surface area contributed by atoms with Crippen molar-refractivity contribution in [3.05, 3.63) is 35.5 Å². The maximum atomic E-state index is 12.9. The number of benzene rings is 1. The van der Waals surface area contributed by atoms with Gasteiger partial charge in [-0.2, -0.15) is 5.26 Å². The zero-order valence-electron chi connectivity index (χ0n) is 17.5. The molecule has 0 aliphatic rings. The summed E-state index contributed by atoms with van der Waals surface area (Å²) in [5.41, 5.74) is 2.77. The van der Waals surface area contributed by atoms with Gasteiger partial charge in [-0.25, -0.2) is 0 Å². The number of fused-ring (bicyclic) bond motifs is 3. The summed E-state index contributed by atoms with van der Waals surface area (Å²) in [6.45, 7) is 9.83. The summed E-state index contributed by atoms with van der Waals surface area (Å²) in [4.78, 5) is 20.7. The summed E-state index contributed by atoms with van der Waals surface area (Å²) in [5.74, 6) is -0.258. The van der Waals surface area contributed by atoms with Crippen LogP contribution in [0.2, 0.25) is 0 Å². The number of nitrogens with zero attached hydrogens (tertiary/aromatic N) is 2. The first kappa shape index (κ1) is 20.6. The minimum absolute atomic E-state index is 0.258. The molecular weight excluding hydrogens is 366 g/mol. The number of hydrogen-bond donors (Lipinski definition) is 4. The largest absolute Gasteiger partial charge is 0.390 e. The molecule has 4 N–H and O–H groups in total. The van der Waals surface area contributed by atoms with E-state index in [1.54, 1.807) is 32.2 Å². The molecule has 152 valence electrons. The smallest absolute Gasteiger partial charge is 0.255 e. The van der Waals surface area contributed by atoms with Crippen LogP contribution in [0, 0.1) is 11.3 Å². The quantitative estimate of drug-likeness (QED) is 0.528. The van der Waals surface area contributed by atoms with Crippen molar-refractivity contribution in [1.82, 2.24) is 15.3 Å². The predicted octanol–water partition coefficient (Wildman–Crippen LogP) is 3.69. The van der Waals surface area contributed by atoms with E-state index in [0.717, 1.165) is 21.9 Å². The third kappa shape index (κ3) is 4.66. The highest BCUT2D eigenvalue weighted by Crippen LogP contribution is 2.33. The highest BCUT2D eigenvalue weighted by Gasteiger charge is 2.22. The van der Waals surface area contributed by atoms with Gasteiger partial charge in [-0.1, -0.05) is 0 Å². The fourth-order valence-electron chi connectivity index (χ4n) is 3.15. The van der Waals surface area contributed by atoms with Gasteiger partial charge in [0.15, 0.2) is 0 Å². The lowest BCUT2D eigenvalue weighted by atomic mass is 10.0. The molecule has 0 aliphatic heterocycles. The van der Waals surface area contributed by atoms with E-state index in [1.165, 1.54) is 0 Å². The van der Waals surface area contributed by atoms with Crippen LogP contribution in [0.5, 0.6) is 0 Å². The van der Waals surface area contributed by atoms with Crippen molar-refractivity contribution in [3.8, 4) is 6.07 Å². The molecule has 1 amide bonds. The van der Waals surface area contributed by atoms with Gasteiger partial charge in [0.2, 0.25) is 0 Å². The Morgan fingerprint density at radius 1 is 1.28 bits per heavy atom. The van der Waals surface area contributed by atoms with Crippen LogP contribution in [-0.2, 0) is 0 Å². The molecule has 0 saturated carbocycles. The number of carbonyl (C=O) groups excluding carboxylic acids is 1. The van der Waals surface area contributed by atoms with Crippen molar-refractivity contribution < 1.29 is 9.90 Å². The molecule has 0 saturated heterocycles. The molecule has 29 heavy (non-hydrogen) atoms. The van der Waals surface area contributed by atoms with Gasteiger partial charge >= 0.3 is 0 Å². The number of nitrogens with one attached hydrogen (secondary N) is 3. The summed E-state index contributed by atoms with van der Waals surface area (Å²) in [7, 11) is 0. The Bertz CT molecular complexity index is 1110. The lowest BCUT2D eigenvalue weighted by molar-refractivity contribution is 0.0693. The maximum absolute atomic E-state index is 12.9. The minimum Gasteiger partial charge on any atom is -0.390 e. The number of aromatic amines is 1. The maximum Gasteiger partial charge on any atom is 0.255 e. The van der Waals surface area contributed by atoms with Crippen LogP contribution in [-0.4, -0.2) is 38.7 Å². The second-order valence-electron chi connectivity index (χ2n) is 8.96. The first-order valence-corrected chi connectivity index (χ1v) is 9.62. The molecule has 0 unspecified atom stereocenters. The number of aromatic nitrogens is 2. The fourth-order valence-corrected chi connectivity index (χ4v) is 3.15. The van der Waals surface area contributed by atoms with Gasteiger partial charge in [-0.15, -0.1) is 0 Å². The Balaban J connectivity index is 2.09. The van der Waals surface area contributed by atoms with E-state index >= 15 is 0 Å². The van der Waals surface area contributed by atoms with Crippen LogP contribution in [0.4, 0.5) is 5.69 Å². The summed E-state index contributed by atoms with van der Waals surface area (Å²) >= 11 is 0. The second-order valence-corrected chi connectivity index (χ2v) is 8.96. The molecule has 1 aromatic carbocycles. The molecular formula is C22H27N5O2. The highest BCUT2D eigenvalue weighted by molar-refractivity contribution is 6.14. The van der Waals surface area contributed by atoms with Crippen molar-refractivity contribution >= 4 is 33.5 Å². The van der Waals surface area contributed by atoms with Gasteiger partial charge in [0, 0.05) is 29.2 Å². The molecule has 2 heterocycles. The number of rotatable bonds is 5. The Hall–Kier alpha value is -3.11. The van der Waals surface area contributed by atoms with E-state index < -0.39 is 5.60 Å². The lowest BCUT2D eigenvalue weighted by Gasteiger charge is -2.24. The van der Waals surface area contributed by atoms with Crippen molar-refractivity contribution in [2.24, 2.45) is 0 Å². The normalized spacial score (nSPS) is 12.2. The number of hydrogen-bond acceptors (Lipinski definition) is 5.